The van der Waals surface area contributed by atoms with Gasteiger partial charge in [0.15, 0.2) is 5.82 Å². The number of hydrogen-bond donors (Lipinski definition) is 1. The molecule has 7 heteroatoms. The monoisotopic (exact) mass is 336 g/mol. The minimum absolute atomic E-state index is 0.491. The highest BCUT2D eigenvalue weighted by Crippen LogP contribution is 2.39. The summed E-state index contributed by atoms with van der Waals surface area (Å²) in [5.41, 5.74) is 3.16. The zero-order valence-electron chi connectivity index (χ0n) is 14.1. The fourth-order valence-corrected chi connectivity index (χ4v) is 2.98. The van der Waals surface area contributed by atoms with Crippen molar-refractivity contribution in [2.24, 2.45) is 0 Å². The molecule has 128 valence electrons. The standard InChI is InChI=1S/C18H20N6O/c1-24(10-14-8-15(22-21-14)11-2-3-11)16-7-6-13(9-19-16)18-20-17(23-25-18)12-4-5-12/h6-9,11-12H,2-5,10H2,1H3,(H,21,22). The zero-order chi connectivity index (χ0) is 16.8. The van der Waals surface area contributed by atoms with Gasteiger partial charge in [0.05, 0.1) is 23.5 Å². The average molecular weight is 336 g/mol. The van der Waals surface area contributed by atoms with Crippen molar-refractivity contribution in [3.8, 4) is 11.5 Å². The van der Waals surface area contributed by atoms with Crippen LogP contribution in [0.4, 0.5) is 5.82 Å². The quantitative estimate of drug-likeness (QED) is 0.744. The van der Waals surface area contributed by atoms with E-state index in [-0.39, 0.29) is 0 Å². The summed E-state index contributed by atoms with van der Waals surface area (Å²) in [6.07, 6.45) is 6.65. The number of anilines is 1. The fourth-order valence-electron chi connectivity index (χ4n) is 2.98. The molecule has 2 aliphatic rings. The van der Waals surface area contributed by atoms with Crippen molar-refractivity contribution < 1.29 is 4.52 Å². The summed E-state index contributed by atoms with van der Waals surface area (Å²) >= 11 is 0. The van der Waals surface area contributed by atoms with Gasteiger partial charge in [-0.05, 0) is 43.9 Å². The predicted octanol–water partition coefficient (Wildman–Crippen LogP) is 3.25. The molecule has 3 heterocycles. The Labute approximate surface area is 145 Å². The molecule has 3 aromatic rings. The highest BCUT2D eigenvalue weighted by atomic mass is 16.5. The van der Waals surface area contributed by atoms with Gasteiger partial charge in [-0.15, -0.1) is 0 Å². The number of nitrogens with zero attached hydrogens (tertiary/aromatic N) is 5. The van der Waals surface area contributed by atoms with Gasteiger partial charge in [0.2, 0.25) is 0 Å². The number of pyridine rings is 1. The van der Waals surface area contributed by atoms with Crippen LogP contribution in [0.15, 0.2) is 28.9 Å². The zero-order valence-corrected chi connectivity index (χ0v) is 14.1. The van der Waals surface area contributed by atoms with Crippen molar-refractivity contribution in [1.29, 1.82) is 0 Å². The third-order valence-corrected chi connectivity index (χ3v) is 4.82. The van der Waals surface area contributed by atoms with Gasteiger partial charge in [0.25, 0.3) is 5.89 Å². The summed E-state index contributed by atoms with van der Waals surface area (Å²) in [6, 6.07) is 6.13. The van der Waals surface area contributed by atoms with Gasteiger partial charge >= 0.3 is 0 Å². The second-order valence-electron chi connectivity index (χ2n) is 7.09. The Morgan fingerprint density at radius 1 is 1.20 bits per heavy atom. The number of hydrogen-bond acceptors (Lipinski definition) is 6. The molecule has 0 aliphatic heterocycles. The Kier molecular flexibility index (Phi) is 3.33. The SMILES string of the molecule is CN(Cc1cc(C2CC2)n[nH]1)c1ccc(-c2nc(C3CC3)no2)cn1. The van der Waals surface area contributed by atoms with Crippen molar-refractivity contribution in [3.63, 3.8) is 0 Å². The molecule has 25 heavy (non-hydrogen) atoms. The van der Waals surface area contributed by atoms with Crippen LogP contribution in [0, 0.1) is 0 Å². The first-order chi connectivity index (χ1) is 12.3. The normalized spacial score (nSPS) is 17.0. The summed E-state index contributed by atoms with van der Waals surface area (Å²) in [5, 5.41) is 11.6. The lowest BCUT2D eigenvalue weighted by atomic mass is 10.2. The molecule has 0 aromatic carbocycles. The highest BCUT2D eigenvalue weighted by molar-refractivity contribution is 5.54. The van der Waals surface area contributed by atoms with Gasteiger partial charge in [0, 0.05) is 25.1 Å². The van der Waals surface area contributed by atoms with E-state index in [1.165, 1.54) is 18.5 Å². The second-order valence-corrected chi connectivity index (χ2v) is 7.09. The van der Waals surface area contributed by atoms with E-state index in [9.17, 15) is 0 Å². The molecular formula is C18H20N6O. The fraction of sp³-hybridized carbons (Fsp3) is 0.444. The van der Waals surface area contributed by atoms with Crippen LogP contribution in [0.1, 0.15) is 54.7 Å². The molecule has 0 spiro atoms. The molecule has 0 saturated heterocycles. The van der Waals surface area contributed by atoms with Gasteiger partial charge < -0.3 is 9.42 Å². The maximum atomic E-state index is 5.35. The summed E-state index contributed by atoms with van der Waals surface area (Å²) in [7, 11) is 2.03. The van der Waals surface area contributed by atoms with Crippen molar-refractivity contribution in [2.45, 2.75) is 44.1 Å². The van der Waals surface area contributed by atoms with Crippen molar-refractivity contribution in [2.75, 3.05) is 11.9 Å². The van der Waals surface area contributed by atoms with Gasteiger partial charge in [-0.25, -0.2) is 4.98 Å². The van der Waals surface area contributed by atoms with E-state index < -0.39 is 0 Å². The van der Waals surface area contributed by atoms with Crippen LogP contribution in [0.2, 0.25) is 0 Å². The van der Waals surface area contributed by atoms with Crippen LogP contribution in [0.25, 0.3) is 11.5 Å². The third kappa shape index (κ3) is 3.01. The van der Waals surface area contributed by atoms with Gasteiger partial charge in [-0.3, -0.25) is 5.10 Å². The first-order valence-corrected chi connectivity index (χ1v) is 8.81. The van der Waals surface area contributed by atoms with Crippen LogP contribution in [0.5, 0.6) is 0 Å². The van der Waals surface area contributed by atoms with E-state index in [0.717, 1.165) is 42.3 Å². The molecule has 3 aromatic heterocycles. The van der Waals surface area contributed by atoms with Crippen LogP contribution < -0.4 is 4.90 Å². The van der Waals surface area contributed by atoms with Crippen molar-refractivity contribution in [1.82, 2.24) is 25.3 Å². The Morgan fingerprint density at radius 3 is 2.76 bits per heavy atom. The van der Waals surface area contributed by atoms with E-state index >= 15 is 0 Å². The molecule has 0 amide bonds. The Bertz CT molecular complexity index is 875. The average Bonchev–Trinajstić information content (AvgIpc) is 3.57. The lowest BCUT2D eigenvalue weighted by Crippen LogP contribution is -2.17. The molecule has 2 fully saturated rings. The third-order valence-electron chi connectivity index (χ3n) is 4.82. The van der Waals surface area contributed by atoms with Crippen LogP contribution in [0.3, 0.4) is 0 Å². The lowest BCUT2D eigenvalue weighted by Gasteiger charge is -2.16. The lowest BCUT2D eigenvalue weighted by molar-refractivity contribution is 0.422. The summed E-state index contributed by atoms with van der Waals surface area (Å²) < 4.78 is 5.35. The molecule has 7 nitrogen and oxygen atoms in total. The molecule has 0 atom stereocenters. The van der Waals surface area contributed by atoms with E-state index in [2.05, 4.69) is 36.3 Å². The Balaban J connectivity index is 1.28. The van der Waals surface area contributed by atoms with Crippen LogP contribution in [-0.2, 0) is 6.54 Å². The minimum atomic E-state index is 0.491. The van der Waals surface area contributed by atoms with Crippen molar-refractivity contribution >= 4 is 5.82 Å². The summed E-state index contributed by atoms with van der Waals surface area (Å²) in [4.78, 5) is 11.1. The summed E-state index contributed by atoms with van der Waals surface area (Å²) in [6.45, 7) is 0.748. The molecular weight excluding hydrogens is 316 g/mol. The van der Waals surface area contributed by atoms with Gasteiger partial charge in [-0.1, -0.05) is 5.16 Å². The number of aromatic nitrogens is 5. The summed E-state index contributed by atoms with van der Waals surface area (Å²) in [5.74, 6) is 3.43. The topological polar surface area (TPSA) is 83.7 Å². The maximum absolute atomic E-state index is 5.35. The Hall–Kier alpha value is -2.70. The Morgan fingerprint density at radius 2 is 2.04 bits per heavy atom. The highest BCUT2D eigenvalue weighted by Gasteiger charge is 2.29. The number of nitrogens with one attached hydrogen (secondary N) is 1. The molecule has 2 saturated carbocycles. The maximum Gasteiger partial charge on any atom is 0.259 e. The molecule has 0 radical (unpaired) electrons. The molecule has 0 unspecified atom stereocenters. The number of H-pyrrole nitrogens is 1. The number of aromatic amines is 1. The molecule has 5 rings (SSSR count). The van der Waals surface area contributed by atoms with E-state index in [4.69, 9.17) is 4.52 Å². The molecule has 0 bridgehead atoms. The second kappa shape index (κ2) is 5.68. The largest absolute Gasteiger partial charge is 0.354 e. The van der Waals surface area contributed by atoms with Crippen LogP contribution in [-0.4, -0.2) is 32.4 Å². The van der Waals surface area contributed by atoms with Crippen LogP contribution >= 0.6 is 0 Å². The first-order valence-electron chi connectivity index (χ1n) is 8.81. The van der Waals surface area contributed by atoms with Crippen molar-refractivity contribution in [3.05, 3.63) is 41.6 Å². The van der Waals surface area contributed by atoms with E-state index in [0.29, 0.717) is 17.7 Å². The van der Waals surface area contributed by atoms with E-state index in [1.807, 2.05) is 19.2 Å². The molecule has 2 aliphatic carbocycles. The smallest absolute Gasteiger partial charge is 0.259 e. The number of rotatable bonds is 6. The van der Waals surface area contributed by atoms with Gasteiger partial charge in [-0.2, -0.15) is 10.1 Å². The first kappa shape index (κ1) is 14.6. The molecule has 1 N–H and O–H groups in total. The minimum Gasteiger partial charge on any atom is -0.354 e. The predicted molar refractivity (Wildman–Crippen MR) is 92.2 cm³/mol. The van der Waals surface area contributed by atoms with Gasteiger partial charge in [0.1, 0.15) is 5.82 Å². The van der Waals surface area contributed by atoms with E-state index in [1.54, 1.807) is 6.20 Å².